The van der Waals surface area contributed by atoms with E-state index in [9.17, 15) is 4.79 Å². The van der Waals surface area contributed by atoms with Crippen molar-refractivity contribution in [3.8, 4) is 0 Å². The van der Waals surface area contributed by atoms with Gasteiger partial charge in [-0.05, 0) is 37.8 Å². The van der Waals surface area contributed by atoms with E-state index >= 15 is 0 Å². The van der Waals surface area contributed by atoms with Gasteiger partial charge >= 0.3 is 0 Å². The van der Waals surface area contributed by atoms with Gasteiger partial charge in [0.2, 0.25) is 0 Å². The zero-order chi connectivity index (χ0) is 10.8. The number of amides is 1. The minimum absolute atomic E-state index is 0.0619. The molecule has 0 radical (unpaired) electrons. The van der Waals surface area contributed by atoms with Crippen LogP contribution in [-0.2, 0) is 0 Å². The van der Waals surface area contributed by atoms with Crippen LogP contribution in [0.4, 0.5) is 0 Å². The first kappa shape index (κ1) is 10.2. The summed E-state index contributed by atoms with van der Waals surface area (Å²) in [6, 6.07) is 8.10. The van der Waals surface area contributed by atoms with E-state index in [4.69, 9.17) is 0 Å². The summed E-state index contributed by atoms with van der Waals surface area (Å²) < 4.78 is 0. The Hall–Kier alpha value is -1.31. The summed E-state index contributed by atoms with van der Waals surface area (Å²) in [4.78, 5) is 11.8. The molecule has 0 saturated heterocycles. The van der Waals surface area contributed by atoms with Crippen molar-refractivity contribution in [2.45, 2.75) is 32.7 Å². The molecule has 1 N–H and O–H groups in total. The van der Waals surface area contributed by atoms with Crippen molar-refractivity contribution in [1.82, 2.24) is 5.32 Å². The molecule has 15 heavy (non-hydrogen) atoms. The largest absolute Gasteiger partial charge is 0.349 e. The number of aryl methyl sites for hydroxylation is 1. The van der Waals surface area contributed by atoms with E-state index in [1.54, 1.807) is 0 Å². The Morgan fingerprint density at radius 1 is 1.27 bits per heavy atom. The van der Waals surface area contributed by atoms with Crippen molar-refractivity contribution in [2.75, 3.05) is 0 Å². The number of benzene rings is 1. The van der Waals surface area contributed by atoms with Crippen LogP contribution in [0.15, 0.2) is 24.3 Å². The molecule has 1 saturated carbocycles. The quantitative estimate of drug-likeness (QED) is 0.786. The lowest BCUT2D eigenvalue weighted by molar-refractivity contribution is 0.0896. The summed E-state index contributed by atoms with van der Waals surface area (Å²) in [5.74, 6) is 0.834. The van der Waals surface area contributed by atoms with E-state index in [-0.39, 0.29) is 5.91 Å². The summed E-state index contributed by atoms with van der Waals surface area (Å²) in [7, 11) is 0. The molecule has 80 valence electrons. The second-order valence-electron chi connectivity index (χ2n) is 4.61. The van der Waals surface area contributed by atoms with Crippen LogP contribution in [0.25, 0.3) is 0 Å². The van der Waals surface area contributed by atoms with E-state index in [2.05, 4.69) is 12.2 Å². The van der Waals surface area contributed by atoms with Gasteiger partial charge in [-0.15, -0.1) is 0 Å². The number of nitrogens with one attached hydrogen (secondary N) is 1. The average Bonchev–Trinajstić information content (AvgIpc) is 2.16. The van der Waals surface area contributed by atoms with E-state index in [0.29, 0.717) is 6.04 Å². The zero-order valence-electron chi connectivity index (χ0n) is 9.29. The van der Waals surface area contributed by atoms with Crippen LogP contribution < -0.4 is 5.32 Å². The number of hydrogen-bond donors (Lipinski definition) is 1. The predicted molar refractivity (Wildman–Crippen MR) is 60.8 cm³/mol. The van der Waals surface area contributed by atoms with Crippen LogP contribution in [0.5, 0.6) is 0 Å². The van der Waals surface area contributed by atoms with Gasteiger partial charge in [0.05, 0.1) is 0 Å². The summed E-state index contributed by atoms with van der Waals surface area (Å²) in [5.41, 5.74) is 1.95. The Balaban J connectivity index is 1.93. The fourth-order valence-corrected chi connectivity index (χ4v) is 1.99. The smallest absolute Gasteiger partial charge is 0.251 e. The van der Waals surface area contributed by atoms with Crippen LogP contribution in [0.2, 0.25) is 0 Å². The molecule has 1 fully saturated rings. The van der Waals surface area contributed by atoms with Crippen LogP contribution >= 0.6 is 0 Å². The van der Waals surface area contributed by atoms with E-state index in [0.717, 1.165) is 24.3 Å². The number of carbonyl (C=O) groups is 1. The van der Waals surface area contributed by atoms with Crippen LogP contribution in [0, 0.1) is 12.8 Å². The van der Waals surface area contributed by atoms with Crippen LogP contribution in [0.1, 0.15) is 35.7 Å². The Morgan fingerprint density at radius 2 is 1.87 bits per heavy atom. The third-order valence-electron chi connectivity index (χ3n) is 3.02. The molecule has 1 aliphatic carbocycles. The lowest BCUT2D eigenvalue weighted by Gasteiger charge is -2.33. The van der Waals surface area contributed by atoms with Gasteiger partial charge in [0.25, 0.3) is 5.91 Å². The van der Waals surface area contributed by atoms with Crippen LogP contribution in [-0.4, -0.2) is 11.9 Å². The van der Waals surface area contributed by atoms with Gasteiger partial charge in [-0.2, -0.15) is 0 Å². The van der Waals surface area contributed by atoms with Crippen molar-refractivity contribution >= 4 is 5.91 Å². The van der Waals surface area contributed by atoms with Gasteiger partial charge in [-0.3, -0.25) is 4.79 Å². The molecule has 2 rings (SSSR count). The molecule has 2 heteroatoms. The summed E-state index contributed by atoms with van der Waals surface area (Å²) in [5, 5.41) is 3.04. The fraction of sp³-hybridized carbons (Fsp3) is 0.462. The van der Waals surface area contributed by atoms with Crippen molar-refractivity contribution in [1.29, 1.82) is 0 Å². The van der Waals surface area contributed by atoms with Gasteiger partial charge in [0.1, 0.15) is 0 Å². The zero-order valence-corrected chi connectivity index (χ0v) is 9.29. The second kappa shape index (κ2) is 4.05. The molecule has 1 aromatic rings. The first-order valence-corrected chi connectivity index (χ1v) is 5.52. The van der Waals surface area contributed by atoms with Gasteiger partial charge < -0.3 is 5.32 Å². The molecule has 1 amide bonds. The molecule has 0 spiro atoms. The molecule has 0 atom stereocenters. The fourth-order valence-electron chi connectivity index (χ4n) is 1.99. The Labute approximate surface area is 90.7 Å². The molecule has 1 aromatic carbocycles. The molecule has 0 heterocycles. The maximum absolute atomic E-state index is 11.8. The Kier molecular flexibility index (Phi) is 2.76. The third-order valence-corrected chi connectivity index (χ3v) is 3.02. The third kappa shape index (κ3) is 2.38. The van der Waals surface area contributed by atoms with Crippen LogP contribution in [0.3, 0.4) is 0 Å². The molecule has 0 bridgehead atoms. The topological polar surface area (TPSA) is 29.1 Å². The maximum atomic E-state index is 11.8. The molecule has 0 aliphatic heterocycles. The van der Waals surface area contributed by atoms with Gasteiger partial charge in [-0.1, -0.05) is 24.6 Å². The monoisotopic (exact) mass is 203 g/mol. The maximum Gasteiger partial charge on any atom is 0.251 e. The lowest BCUT2D eigenvalue weighted by Crippen LogP contribution is -2.43. The highest BCUT2D eigenvalue weighted by Crippen LogP contribution is 2.26. The predicted octanol–water partition coefficient (Wildman–Crippen LogP) is 2.52. The standard InChI is InChI=1S/C13H17NO/c1-9-3-5-11(6-4-9)13(15)14-12-7-10(2)8-12/h3-6,10,12H,7-8H2,1-2H3,(H,14,15). The first-order valence-electron chi connectivity index (χ1n) is 5.52. The molecular formula is C13H17NO. The summed E-state index contributed by atoms with van der Waals surface area (Å²) in [6.07, 6.45) is 2.25. The minimum Gasteiger partial charge on any atom is -0.349 e. The lowest BCUT2D eigenvalue weighted by atomic mass is 9.82. The highest BCUT2D eigenvalue weighted by Gasteiger charge is 2.26. The summed E-state index contributed by atoms with van der Waals surface area (Å²) >= 11 is 0. The van der Waals surface area contributed by atoms with E-state index in [1.165, 1.54) is 5.56 Å². The molecule has 0 unspecified atom stereocenters. The van der Waals surface area contributed by atoms with E-state index < -0.39 is 0 Å². The highest BCUT2D eigenvalue weighted by atomic mass is 16.1. The van der Waals surface area contributed by atoms with Gasteiger partial charge in [0, 0.05) is 11.6 Å². The number of carbonyl (C=O) groups excluding carboxylic acids is 1. The second-order valence-corrected chi connectivity index (χ2v) is 4.61. The van der Waals surface area contributed by atoms with Gasteiger partial charge in [-0.25, -0.2) is 0 Å². The Bertz CT molecular complexity index is 349. The SMILES string of the molecule is Cc1ccc(C(=O)NC2CC(C)C2)cc1. The Morgan fingerprint density at radius 3 is 2.40 bits per heavy atom. The minimum atomic E-state index is 0.0619. The average molecular weight is 203 g/mol. The van der Waals surface area contributed by atoms with Gasteiger partial charge in [0.15, 0.2) is 0 Å². The van der Waals surface area contributed by atoms with Crippen molar-refractivity contribution < 1.29 is 4.79 Å². The molecule has 0 aromatic heterocycles. The number of rotatable bonds is 2. The molecule has 1 aliphatic rings. The highest BCUT2D eigenvalue weighted by molar-refractivity contribution is 5.94. The van der Waals surface area contributed by atoms with Crippen molar-refractivity contribution in [3.63, 3.8) is 0 Å². The normalized spacial score (nSPS) is 24.4. The summed E-state index contributed by atoms with van der Waals surface area (Å²) in [6.45, 7) is 4.24. The van der Waals surface area contributed by atoms with Crippen molar-refractivity contribution in [2.24, 2.45) is 5.92 Å². The van der Waals surface area contributed by atoms with Crippen molar-refractivity contribution in [3.05, 3.63) is 35.4 Å². The first-order chi connectivity index (χ1) is 7.15. The van der Waals surface area contributed by atoms with E-state index in [1.807, 2.05) is 31.2 Å². The number of hydrogen-bond acceptors (Lipinski definition) is 1. The molecule has 2 nitrogen and oxygen atoms in total. The molecular weight excluding hydrogens is 186 g/mol.